The summed E-state index contributed by atoms with van der Waals surface area (Å²) in [5, 5.41) is 3.12. The molecule has 1 aromatic carbocycles. The molecule has 1 aromatic rings. The van der Waals surface area contributed by atoms with Gasteiger partial charge >= 0.3 is 0 Å². The first-order chi connectivity index (χ1) is 9.74. The number of carbonyl (C=O) groups excluding carboxylic acids is 1. The van der Waals surface area contributed by atoms with Crippen LogP contribution in [0.25, 0.3) is 0 Å². The smallest absolute Gasteiger partial charge is 0.249 e. The Morgan fingerprint density at radius 1 is 1.35 bits per heavy atom. The van der Waals surface area contributed by atoms with E-state index in [2.05, 4.69) is 32.2 Å². The highest BCUT2D eigenvalue weighted by Gasteiger charge is 2.29. The van der Waals surface area contributed by atoms with Crippen LogP contribution in [0.2, 0.25) is 0 Å². The quantitative estimate of drug-likeness (QED) is 0.919. The number of benzene rings is 1. The average molecular weight is 339 g/mol. The van der Waals surface area contributed by atoms with Crippen molar-refractivity contribution < 1.29 is 9.53 Å². The van der Waals surface area contributed by atoms with Crippen LogP contribution in [-0.4, -0.2) is 37.7 Å². The molecule has 2 saturated heterocycles. The Balaban J connectivity index is 1.57. The summed E-state index contributed by atoms with van der Waals surface area (Å²) in [4.78, 5) is 14.4. The third-order valence-corrected chi connectivity index (χ3v) is 4.62. The maximum absolute atomic E-state index is 12.0. The molecule has 108 valence electrons. The Morgan fingerprint density at radius 2 is 2.20 bits per heavy atom. The number of anilines is 1. The van der Waals surface area contributed by atoms with E-state index >= 15 is 0 Å². The predicted molar refractivity (Wildman–Crippen MR) is 81.9 cm³/mol. The first-order valence-corrected chi connectivity index (χ1v) is 7.95. The van der Waals surface area contributed by atoms with Crippen molar-refractivity contribution in [1.82, 2.24) is 5.32 Å². The lowest BCUT2D eigenvalue weighted by atomic mass is 10.2. The van der Waals surface area contributed by atoms with Gasteiger partial charge in [0.15, 0.2) is 0 Å². The monoisotopic (exact) mass is 338 g/mol. The number of nitrogens with zero attached hydrogens (tertiary/aromatic N) is 1. The van der Waals surface area contributed by atoms with Crippen molar-refractivity contribution in [2.24, 2.45) is 0 Å². The highest BCUT2D eigenvalue weighted by Crippen LogP contribution is 2.28. The van der Waals surface area contributed by atoms with E-state index in [-0.39, 0.29) is 18.1 Å². The minimum absolute atomic E-state index is 0.0569. The zero-order valence-corrected chi connectivity index (χ0v) is 12.9. The van der Waals surface area contributed by atoms with Crippen molar-refractivity contribution in [3.8, 4) is 0 Å². The minimum atomic E-state index is -0.229. The molecule has 3 rings (SSSR count). The lowest BCUT2D eigenvalue weighted by molar-refractivity contribution is -0.130. The maximum atomic E-state index is 12.0. The van der Waals surface area contributed by atoms with Gasteiger partial charge in [-0.3, -0.25) is 4.79 Å². The first-order valence-electron chi connectivity index (χ1n) is 7.15. The lowest BCUT2D eigenvalue weighted by Gasteiger charge is -2.21. The van der Waals surface area contributed by atoms with Crippen LogP contribution >= 0.6 is 15.9 Å². The van der Waals surface area contributed by atoms with Gasteiger partial charge in [0.2, 0.25) is 5.91 Å². The van der Waals surface area contributed by atoms with E-state index in [1.807, 2.05) is 18.2 Å². The molecular weight excluding hydrogens is 320 g/mol. The van der Waals surface area contributed by atoms with Gasteiger partial charge in [0, 0.05) is 30.2 Å². The number of hydrogen-bond acceptors (Lipinski definition) is 3. The summed E-state index contributed by atoms with van der Waals surface area (Å²) in [7, 11) is 0. The molecule has 2 heterocycles. The molecule has 0 aromatic heterocycles. The van der Waals surface area contributed by atoms with E-state index in [1.165, 1.54) is 5.69 Å². The molecular formula is C15H19BrN2O2. The van der Waals surface area contributed by atoms with Crippen molar-refractivity contribution in [1.29, 1.82) is 0 Å². The summed E-state index contributed by atoms with van der Waals surface area (Å²) >= 11 is 3.58. The molecule has 0 bridgehead atoms. The highest BCUT2D eigenvalue weighted by molar-refractivity contribution is 9.10. The van der Waals surface area contributed by atoms with Gasteiger partial charge in [-0.25, -0.2) is 0 Å². The number of amides is 1. The number of nitrogens with one attached hydrogen (secondary N) is 1. The van der Waals surface area contributed by atoms with Gasteiger partial charge in [0.05, 0.1) is 5.69 Å². The Hall–Kier alpha value is -1.07. The number of para-hydroxylation sites is 1. The van der Waals surface area contributed by atoms with E-state index in [0.717, 1.165) is 36.8 Å². The van der Waals surface area contributed by atoms with Crippen LogP contribution in [0.5, 0.6) is 0 Å². The first kappa shape index (κ1) is 13.9. The Labute approximate surface area is 127 Å². The second-order valence-electron chi connectivity index (χ2n) is 5.39. The van der Waals surface area contributed by atoms with E-state index in [1.54, 1.807) is 0 Å². The van der Waals surface area contributed by atoms with Crippen LogP contribution in [0.15, 0.2) is 28.7 Å². The summed E-state index contributed by atoms with van der Waals surface area (Å²) in [6.07, 6.45) is 2.60. The van der Waals surface area contributed by atoms with Crippen LogP contribution in [0.3, 0.4) is 0 Å². The molecule has 2 fully saturated rings. The van der Waals surface area contributed by atoms with Crippen LogP contribution in [0.4, 0.5) is 5.69 Å². The molecule has 0 aliphatic carbocycles. The summed E-state index contributed by atoms with van der Waals surface area (Å²) < 4.78 is 6.53. The second kappa shape index (κ2) is 6.14. The van der Waals surface area contributed by atoms with Crippen LogP contribution in [0, 0.1) is 0 Å². The number of ether oxygens (including phenoxy) is 1. The standard InChI is InChI=1S/C15H19BrN2O2/c16-12-4-1-2-5-13(12)18-8-7-11(10-18)17-15(19)14-6-3-9-20-14/h1-2,4-5,11,14H,3,6-10H2,(H,17,19)/t11-,14+/m1/s1. The van der Waals surface area contributed by atoms with Crippen molar-refractivity contribution in [2.45, 2.75) is 31.4 Å². The van der Waals surface area contributed by atoms with Crippen molar-refractivity contribution in [2.75, 3.05) is 24.6 Å². The van der Waals surface area contributed by atoms with Gasteiger partial charge in [0.25, 0.3) is 0 Å². The maximum Gasteiger partial charge on any atom is 0.249 e. The normalized spacial score (nSPS) is 25.9. The molecule has 1 N–H and O–H groups in total. The fourth-order valence-electron chi connectivity index (χ4n) is 2.88. The second-order valence-corrected chi connectivity index (χ2v) is 6.25. The van der Waals surface area contributed by atoms with Gasteiger partial charge in [0.1, 0.15) is 6.10 Å². The van der Waals surface area contributed by atoms with Crippen LogP contribution in [-0.2, 0) is 9.53 Å². The van der Waals surface area contributed by atoms with Crippen LogP contribution < -0.4 is 10.2 Å². The summed E-state index contributed by atoms with van der Waals surface area (Å²) in [6.45, 7) is 2.55. The van der Waals surface area contributed by atoms with Crippen molar-refractivity contribution in [3.05, 3.63) is 28.7 Å². The molecule has 0 saturated carbocycles. The number of halogens is 1. The molecule has 4 nitrogen and oxygen atoms in total. The van der Waals surface area contributed by atoms with Crippen LogP contribution in [0.1, 0.15) is 19.3 Å². The van der Waals surface area contributed by atoms with E-state index in [9.17, 15) is 4.79 Å². The lowest BCUT2D eigenvalue weighted by Crippen LogP contribution is -2.42. The molecule has 20 heavy (non-hydrogen) atoms. The average Bonchev–Trinajstić information content (AvgIpc) is 3.10. The van der Waals surface area contributed by atoms with E-state index < -0.39 is 0 Å². The molecule has 2 aliphatic heterocycles. The van der Waals surface area contributed by atoms with E-state index in [4.69, 9.17) is 4.74 Å². The number of rotatable bonds is 3. The molecule has 1 amide bonds. The summed E-state index contributed by atoms with van der Waals surface area (Å²) in [5.41, 5.74) is 1.20. The number of hydrogen-bond donors (Lipinski definition) is 1. The molecule has 5 heteroatoms. The largest absolute Gasteiger partial charge is 0.368 e. The van der Waals surface area contributed by atoms with Gasteiger partial charge in [-0.2, -0.15) is 0 Å². The van der Waals surface area contributed by atoms with E-state index in [0.29, 0.717) is 6.61 Å². The topological polar surface area (TPSA) is 41.6 Å². The van der Waals surface area contributed by atoms with Gasteiger partial charge in [-0.15, -0.1) is 0 Å². The third kappa shape index (κ3) is 2.99. The molecule has 2 atom stereocenters. The Bertz CT molecular complexity index is 489. The highest BCUT2D eigenvalue weighted by atomic mass is 79.9. The minimum Gasteiger partial charge on any atom is -0.368 e. The molecule has 0 unspecified atom stereocenters. The zero-order chi connectivity index (χ0) is 13.9. The van der Waals surface area contributed by atoms with Gasteiger partial charge in [-0.05, 0) is 47.3 Å². The fourth-order valence-corrected chi connectivity index (χ4v) is 3.42. The van der Waals surface area contributed by atoms with Gasteiger partial charge < -0.3 is 15.0 Å². The van der Waals surface area contributed by atoms with Crippen molar-refractivity contribution in [3.63, 3.8) is 0 Å². The number of carbonyl (C=O) groups is 1. The van der Waals surface area contributed by atoms with Crippen molar-refractivity contribution >= 4 is 27.5 Å². The molecule has 0 radical (unpaired) electrons. The third-order valence-electron chi connectivity index (χ3n) is 3.95. The summed E-state index contributed by atoms with van der Waals surface area (Å²) in [5.74, 6) is 0.0569. The molecule has 2 aliphatic rings. The summed E-state index contributed by atoms with van der Waals surface area (Å²) in [6, 6.07) is 8.43. The Kier molecular flexibility index (Phi) is 4.27. The zero-order valence-electron chi connectivity index (χ0n) is 11.3. The SMILES string of the molecule is O=C(N[C@@H]1CCN(c2ccccc2Br)C1)[C@@H]1CCCO1. The predicted octanol–water partition coefficient (Wildman–Crippen LogP) is 2.32. The Morgan fingerprint density at radius 3 is 2.95 bits per heavy atom. The van der Waals surface area contributed by atoms with Gasteiger partial charge in [-0.1, -0.05) is 12.1 Å². The molecule has 0 spiro atoms. The fraction of sp³-hybridized carbons (Fsp3) is 0.533.